The summed E-state index contributed by atoms with van der Waals surface area (Å²) in [5.41, 5.74) is -0.388. The summed E-state index contributed by atoms with van der Waals surface area (Å²) < 4.78 is 43.2. The van der Waals surface area contributed by atoms with Crippen molar-refractivity contribution < 1.29 is 27.5 Å². The summed E-state index contributed by atoms with van der Waals surface area (Å²) in [6.07, 6.45) is -2.88. The van der Waals surface area contributed by atoms with Crippen LogP contribution in [0.2, 0.25) is 0 Å². The highest BCUT2D eigenvalue weighted by atomic mass is 19.4. The number of alkyl halides is 3. The van der Waals surface area contributed by atoms with Crippen molar-refractivity contribution >= 4 is 5.97 Å². The molecule has 2 heterocycles. The number of rotatable bonds is 3. The molecular formula is C11H9F3N2O3. The summed E-state index contributed by atoms with van der Waals surface area (Å²) in [6.45, 7) is 1.55. The number of hydrogen-bond acceptors (Lipinski definition) is 3. The van der Waals surface area contributed by atoms with E-state index < -0.39 is 17.7 Å². The second kappa shape index (κ2) is 4.45. The predicted molar refractivity (Wildman–Crippen MR) is 56.7 cm³/mol. The van der Waals surface area contributed by atoms with Gasteiger partial charge in [0, 0.05) is 11.8 Å². The van der Waals surface area contributed by atoms with E-state index in [4.69, 9.17) is 9.52 Å². The smallest absolute Gasteiger partial charge is 0.419 e. The van der Waals surface area contributed by atoms with Gasteiger partial charge in [0.2, 0.25) is 5.76 Å². The van der Waals surface area contributed by atoms with Gasteiger partial charge in [0.1, 0.15) is 5.76 Å². The van der Waals surface area contributed by atoms with E-state index in [2.05, 4.69) is 5.10 Å². The van der Waals surface area contributed by atoms with E-state index in [9.17, 15) is 18.0 Å². The molecule has 1 N–H and O–H groups in total. The zero-order valence-electron chi connectivity index (χ0n) is 9.73. The highest BCUT2D eigenvalue weighted by molar-refractivity contribution is 5.84. The number of carboxylic acid groups (broad SMARTS) is 1. The molecule has 0 unspecified atom stereocenters. The summed E-state index contributed by atoms with van der Waals surface area (Å²) in [6, 6.07) is 1.27. The van der Waals surface area contributed by atoms with Gasteiger partial charge >= 0.3 is 12.1 Å². The van der Waals surface area contributed by atoms with Crippen molar-refractivity contribution in [1.29, 1.82) is 0 Å². The van der Waals surface area contributed by atoms with Gasteiger partial charge in [-0.1, -0.05) is 0 Å². The van der Waals surface area contributed by atoms with E-state index in [1.807, 2.05) is 0 Å². The molecule has 0 aliphatic rings. The van der Waals surface area contributed by atoms with Crippen LogP contribution in [-0.2, 0) is 12.7 Å². The SMILES string of the molecule is Cc1oc(C(=O)O)cc1Cn1cc(C(F)(F)F)cn1. The maximum absolute atomic E-state index is 12.4. The van der Waals surface area contributed by atoms with Crippen LogP contribution in [0.5, 0.6) is 0 Å². The fourth-order valence-corrected chi connectivity index (χ4v) is 1.55. The number of aromatic nitrogens is 2. The summed E-state index contributed by atoms with van der Waals surface area (Å²) >= 11 is 0. The first-order chi connectivity index (χ1) is 8.77. The third-order valence-corrected chi connectivity index (χ3v) is 2.52. The number of carbonyl (C=O) groups is 1. The summed E-state index contributed by atoms with van der Waals surface area (Å²) in [7, 11) is 0. The second-order valence-electron chi connectivity index (χ2n) is 3.92. The maximum atomic E-state index is 12.4. The van der Waals surface area contributed by atoms with Gasteiger partial charge in [-0.3, -0.25) is 4.68 Å². The van der Waals surface area contributed by atoms with E-state index in [0.29, 0.717) is 17.5 Å². The minimum Gasteiger partial charge on any atom is -0.475 e. The number of hydrogen-bond donors (Lipinski definition) is 1. The van der Waals surface area contributed by atoms with Crippen LogP contribution >= 0.6 is 0 Å². The van der Waals surface area contributed by atoms with Gasteiger partial charge < -0.3 is 9.52 Å². The molecule has 2 aromatic heterocycles. The minimum atomic E-state index is -4.45. The molecule has 5 nitrogen and oxygen atoms in total. The van der Waals surface area contributed by atoms with Crippen LogP contribution in [0.3, 0.4) is 0 Å². The van der Waals surface area contributed by atoms with Crippen LogP contribution in [0.15, 0.2) is 22.9 Å². The fraction of sp³-hybridized carbons (Fsp3) is 0.273. The average Bonchev–Trinajstić information content (AvgIpc) is 2.86. The molecule has 19 heavy (non-hydrogen) atoms. The molecule has 2 rings (SSSR count). The molecule has 0 spiro atoms. The van der Waals surface area contributed by atoms with E-state index >= 15 is 0 Å². The molecular weight excluding hydrogens is 265 g/mol. The topological polar surface area (TPSA) is 68.3 Å². The van der Waals surface area contributed by atoms with Crippen molar-refractivity contribution in [2.45, 2.75) is 19.6 Å². The Bertz CT molecular complexity index is 613. The van der Waals surface area contributed by atoms with Gasteiger partial charge in [0.05, 0.1) is 18.3 Å². The number of aromatic carboxylic acids is 1. The summed E-state index contributed by atoms with van der Waals surface area (Å²) in [5, 5.41) is 12.3. The molecule has 0 aromatic carbocycles. The Kier molecular flexibility index (Phi) is 3.09. The molecule has 0 saturated heterocycles. The largest absolute Gasteiger partial charge is 0.475 e. The third kappa shape index (κ3) is 2.78. The standard InChI is InChI=1S/C11H9F3N2O3/c1-6-7(2-9(19-6)10(17)18)4-16-5-8(3-15-16)11(12,13)14/h2-3,5H,4H2,1H3,(H,17,18). The molecule has 0 saturated carbocycles. The van der Waals surface area contributed by atoms with E-state index in [-0.39, 0.29) is 12.3 Å². The molecule has 0 aliphatic heterocycles. The predicted octanol–water partition coefficient (Wildman–Crippen LogP) is 2.55. The van der Waals surface area contributed by atoms with Crippen molar-refractivity contribution in [3.05, 3.63) is 41.1 Å². The third-order valence-electron chi connectivity index (χ3n) is 2.52. The van der Waals surface area contributed by atoms with Crippen molar-refractivity contribution in [2.24, 2.45) is 0 Å². The van der Waals surface area contributed by atoms with Crippen LogP contribution in [0, 0.1) is 6.92 Å². The van der Waals surface area contributed by atoms with Crippen molar-refractivity contribution in [3.8, 4) is 0 Å². The lowest BCUT2D eigenvalue weighted by molar-refractivity contribution is -0.137. The second-order valence-corrected chi connectivity index (χ2v) is 3.92. The fourth-order valence-electron chi connectivity index (χ4n) is 1.55. The van der Waals surface area contributed by atoms with Crippen molar-refractivity contribution in [3.63, 3.8) is 0 Å². The number of furan rings is 1. The van der Waals surface area contributed by atoms with Crippen LogP contribution in [0.25, 0.3) is 0 Å². The van der Waals surface area contributed by atoms with Crippen molar-refractivity contribution in [2.75, 3.05) is 0 Å². The van der Waals surface area contributed by atoms with Crippen LogP contribution in [0.4, 0.5) is 13.2 Å². The van der Waals surface area contributed by atoms with E-state index in [0.717, 1.165) is 10.9 Å². The van der Waals surface area contributed by atoms with Crippen LogP contribution in [-0.4, -0.2) is 20.9 Å². The van der Waals surface area contributed by atoms with Gasteiger partial charge in [-0.05, 0) is 13.0 Å². The highest BCUT2D eigenvalue weighted by Gasteiger charge is 2.32. The molecule has 0 bridgehead atoms. The van der Waals surface area contributed by atoms with Gasteiger partial charge in [-0.2, -0.15) is 18.3 Å². The lowest BCUT2D eigenvalue weighted by Crippen LogP contribution is -2.04. The number of carboxylic acids is 1. The lowest BCUT2D eigenvalue weighted by Gasteiger charge is -2.01. The molecule has 2 aromatic rings. The molecule has 102 valence electrons. The maximum Gasteiger partial charge on any atom is 0.419 e. The molecule has 0 atom stereocenters. The Hall–Kier alpha value is -2.25. The normalized spacial score (nSPS) is 11.8. The highest BCUT2D eigenvalue weighted by Crippen LogP contribution is 2.28. The van der Waals surface area contributed by atoms with Crippen molar-refractivity contribution in [1.82, 2.24) is 9.78 Å². The lowest BCUT2D eigenvalue weighted by atomic mass is 10.2. The Morgan fingerprint density at radius 3 is 2.68 bits per heavy atom. The summed E-state index contributed by atoms with van der Waals surface area (Å²) in [4.78, 5) is 10.7. The first-order valence-corrected chi connectivity index (χ1v) is 5.19. The average molecular weight is 274 g/mol. The van der Waals surface area contributed by atoms with E-state index in [1.165, 1.54) is 13.0 Å². The monoisotopic (exact) mass is 274 g/mol. The molecule has 0 radical (unpaired) electrons. The Balaban J connectivity index is 2.22. The first-order valence-electron chi connectivity index (χ1n) is 5.19. The molecule has 0 amide bonds. The van der Waals surface area contributed by atoms with Gasteiger partial charge in [0.15, 0.2) is 0 Å². The van der Waals surface area contributed by atoms with Crippen LogP contribution < -0.4 is 0 Å². The number of nitrogens with zero attached hydrogens (tertiary/aromatic N) is 2. The molecule has 8 heteroatoms. The van der Waals surface area contributed by atoms with Gasteiger partial charge in [0.25, 0.3) is 0 Å². The van der Waals surface area contributed by atoms with Gasteiger partial charge in [-0.15, -0.1) is 0 Å². The Morgan fingerprint density at radius 1 is 1.53 bits per heavy atom. The number of aryl methyl sites for hydroxylation is 1. The quantitative estimate of drug-likeness (QED) is 0.933. The Labute approximate surface area is 105 Å². The molecule has 0 aliphatic carbocycles. The zero-order valence-corrected chi connectivity index (χ0v) is 9.73. The zero-order chi connectivity index (χ0) is 14.2. The molecule has 0 fully saturated rings. The van der Waals surface area contributed by atoms with Gasteiger partial charge in [-0.25, -0.2) is 4.79 Å². The van der Waals surface area contributed by atoms with E-state index in [1.54, 1.807) is 0 Å². The number of halogens is 3. The minimum absolute atomic E-state index is 0.0126. The van der Waals surface area contributed by atoms with Crippen LogP contribution in [0.1, 0.15) is 27.4 Å². The summed E-state index contributed by atoms with van der Waals surface area (Å²) in [5.74, 6) is -1.15. The first kappa shape index (κ1) is 13.2. The Morgan fingerprint density at radius 2 is 2.21 bits per heavy atom.